The predicted molar refractivity (Wildman–Crippen MR) is 128 cm³/mol. The summed E-state index contributed by atoms with van der Waals surface area (Å²) >= 11 is 0. The molecule has 2 aliphatic rings. The molecule has 3 heterocycles. The van der Waals surface area contributed by atoms with E-state index >= 15 is 0 Å². The van der Waals surface area contributed by atoms with E-state index in [9.17, 15) is 18.5 Å². The second kappa shape index (κ2) is 9.80. The maximum Gasteiger partial charge on any atom is 0.293 e. The number of nitrogens with zero attached hydrogens (tertiary/aromatic N) is 6. The number of hydrogen-bond acceptors (Lipinski definition) is 9. The molecule has 12 heteroatoms. The van der Waals surface area contributed by atoms with Gasteiger partial charge < -0.3 is 14.5 Å². The first-order chi connectivity index (χ1) is 16.2. The van der Waals surface area contributed by atoms with Gasteiger partial charge in [0.2, 0.25) is 10.0 Å². The van der Waals surface area contributed by atoms with Crippen molar-refractivity contribution < 1.29 is 18.1 Å². The highest BCUT2D eigenvalue weighted by molar-refractivity contribution is 7.89. The van der Waals surface area contributed by atoms with E-state index < -0.39 is 14.9 Å². The highest BCUT2D eigenvalue weighted by Gasteiger charge is 2.31. The Morgan fingerprint density at radius 1 is 1.00 bits per heavy atom. The molecule has 0 aliphatic carbocycles. The van der Waals surface area contributed by atoms with Crippen molar-refractivity contribution in [3.8, 4) is 0 Å². The number of nitro groups is 1. The molecule has 0 radical (unpaired) electrons. The van der Waals surface area contributed by atoms with Crippen molar-refractivity contribution in [2.24, 2.45) is 0 Å². The van der Waals surface area contributed by atoms with E-state index in [4.69, 9.17) is 9.72 Å². The molecule has 0 amide bonds. The number of benzene rings is 1. The summed E-state index contributed by atoms with van der Waals surface area (Å²) in [4.78, 5) is 24.6. The monoisotopic (exact) mass is 490 g/mol. The van der Waals surface area contributed by atoms with Crippen LogP contribution in [-0.4, -0.2) is 80.1 Å². The summed E-state index contributed by atoms with van der Waals surface area (Å²) in [5.41, 5.74) is 1.12. The van der Waals surface area contributed by atoms with Gasteiger partial charge in [-0.3, -0.25) is 10.1 Å². The van der Waals surface area contributed by atoms with Gasteiger partial charge in [0.1, 0.15) is 17.3 Å². The number of anilines is 2. The van der Waals surface area contributed by atoms with Crippen molar-refractivity contribution in [2.75, 3.05) is 62.3 Å². The lowest BCUT2D eigenvalue weighted by Crippen LogP contribution is -2.47. The van der Waals surface area contributed by atoms with E-state index in [0.717, 1.165) is 17.3 Å². The molecule has 1 aromatic carbocycles. The summed E-state index contributed by atoms with van der Waals surface area (Å²) in [6.07, 6.45) is 0. The first-order valence-electron chi connectivity index (χ1n) is 11.4. The van der Waals surface area contributed by atoms with Gasteiger partial charge >= 0.3 is 0 Å². The Morgan fingerprint density at radius 2 is 1.65 bits per heavy atom. The van der Waals surface area contributed by atoms with Crippen LogP contribution in [0.15, 0.2) is 29.2 Å². The zero-order chi connectivity index (χ0) is 24.5. The van der Waals surface area contributed by atoms with Crippen LogP contribution in [-0.2, 0) is 14.8 Å². The average molecular weight is 491 g/mol. The summed E-state index contributed by atoms with van der Waals surface area (Å²) < 4.78 is 32.5. The smallest absolute Gasteiger partial charge is 0.293 e. The third-order valence-corrected chi connectivity index (χ3v) is 7.96. The summed E-state index contributed by atoms with van der Waals surface area (Å²) in [5.74, 6) is 1.87. The van der Waals surface area contributed by atoms with Gasteiger partial charge in [-0.1, -0.05) is 13.8 Å². The minimum absolute atomic E-state index is 0.0684. The van der Waals surface area contributed by atoms with Gasteiger partial charge in [-0.25, -0.2) is 18.4 Å². The second-order valence-corrected chi connectivity index (χ2v) is 10.7. The number of aryl methyl sites for hydroxylation is 1. The Kier molecular flexibility index (Phi) is 7.01. The average Bonchev–Trinajstić information content (AvgIpc) is 2.84. The van der Waals surface area contributed by atoms with Crippen LogP contribution in [0.1, 0.15) is 31.3 Å². The van der Waals surface area contributed by atoms with Crippen molar-refractivity contribution in [1.29, 1.82) is 0 Å². The fourth-order valence-electron chi connectivity index (χ4n) is 4.18. The zero-order valence-corrected chi connectivity index (χ0v) is 20.5. The third kappa shape index (κ3) is 4.98. The highest BCUT2D eigenvalue weighted by atomic mass is 32.2. The van der Waals surface area contributed by atoms with Crippen molar-refractivity contribution >= 4 is 27.2 Å². The molecule has 11 nitrogen and oxygen atoms in total. The summed E-state index contributed by atoms with van der Waals surface area (Å²) in [6, 6.07) is 6.14. The minimum atomic E-state index is -3.82. The fraction of sp³-hybridized carbons (Fsp3) is 0.545. The first kappa shape index (κ1) is 24.3. The second-order valence-electron chi connectivity index (χ2n) is 8.78. The Labute approximate surface area is 199 Å². The highest BCUT2D eigenvalue weighted by Crippen LogP contribution is 2.33. The minimum Gasteiger partial charge on any atom is -0.379 e. The van der Waals surface area contributed by atoms with Gasteiger partial charge in [-0.2, -0.15) is 4.31 Å². The van der Waals surface area contributed by atoms with Crippen LogP contribution < -0.4 is 9.80 Å². The molecule has 0 unspecified atom stereocenters. The number of hydrogen-bond donors (Lipinski definition) is 0. The molecule has 34 heavy (non-hydrogen) atoms. The van der Waals surface area contributed by atoms with Gasteiger partial charge in [0.25, 0.3) is 5.69 Å². The molecule has 4 rings (SSSR count). The topological polar surface area (TPSA) is 122 Å². The maximum absolute atomic E-state index is 13.0. The maximum atomic E-state index is 13.0. The molecule has 2 saturated heterocycles. The normalized spacial score (nSPS) is 17.9. The lowest BCUT2D eigenvalue weighted by Gasteiger charge is -2.36. The molecule has 2 aromatic rings. The van der Waals surface area contributed by atoms with E-state index in [1.54, 1.807) is 6.07 Å². The summed E-state index contributed by atoms with van der Waals surface area (Å²) in [7, 11) is -3.82. The molecule has 0 atom stereocenters. The number of morpholine rings is 1. The quantitative estimate of drug-likeness (QED) is 0.443. The lowest BCUT2D eigenvalue weighted by molar-refractivity contribution is -0.384. The number of piperazine rings is 1. The van der Waals surface area contributed by atoms with Crippen LogP contribution in [0.4, 0.5) is 17.2 Å². The molecule has 184 valence electrons. The molecular weight excluding hydrogens is 460 g/mol. The van der Waals surface area contributed by atoms with Crippen molar-refractivity contribution in [2.45, 2.75) is 31.6 Å². The van der Waals surface area contributed by atoms with Crippen LogP contribution in [0.5, 0.6) is 0 Å². The van der Waals surface area contributed by atoms with Crippen molar-refractivity contribution in [1.82, 2.24) is 14.3 Å². The first-order valence-corrected chi connectivity index (χ1v) is 12.8. The van der Waals surface area contributed by atoms with E-state index in [1.807, 2.05) is 17.9 Å². The fourth-order valence-corrected chi connectivity index (χ4v) is 5.61. The number of rotatable bonds is 6. The number of nitro benzene ring substituents is 1. The number of aromatic nitrogens is 2. The molecule has 2 fully saturated rings. The number of ether oxygens (including phenoxy) is 1. The lowest BCUT2D eigenvalue weighted by atomic mass is 10.2. The molecule has 0 N–H and O–H groups in total. The molecular formula is C22H30N6O5S. The Bertz CT molecular complexity index is 1160. The van der Waals surface area contributed by atoms with Gasteiger partial charge in [-0.05, 0) is 19.1 Å². The molecule has 0 spiro atoms. The largest absolute Gasteiger partial charge is 0.379 e. The van der Waals surface area contributed by atoms with Crippen molar-refractivity contribution in [3.63, 3.8) is 0 Å². The molecule has 0 bridgehead atoms. The van der Waals surface area contributed by atoms with Gasteiger partial charge in [0.05, 0.1) is 23.0 Å². The van der Waals surface area contributed by atoms with Crippen LogP contribution in [0.3, 0.4) is 0 Å². The molecule has 2 aliphatic heterocycles. The van der Waals surface area contributed by atoms with Crippen molar-refractivity contribution in [3.05, 3.63) is 45.9 Å². The van der Waals surface area contributed by atoms with E-state index in [1.165, 1.54) is 16.4 Å². The molecule has 0 saturated carbocycles. The van der Waals surface area contributed by atoms with E-state index in [2.05, 4.69) is 23.7 Å². The Morgan fingerprint density at radius 3 is 2.26 bits per heavy atom. The zero-order valence-electron chi connectivity index (χ0n) is 19.7. The van der Waals surface area contributed by atoms with E-state index in [-0.39, 0.29) is 29.6 Å². The standard InChI is InChI=1S/C22H30N6O5S/c1-16(2)22-23-17(3)14-21(24-22)26-8-6-25(7-9-26)19-5-4-18(15-20(19)28(29)30)34(31,32)27-10-12-33-13-11-27/h4-5,14-16H,6-13H2,1-3H3. The number of sulfonamides is 1. The van der Waals surface area contributed by atoms with Gasteiger partial charge in [0.15, 0.2) is 0 Å². The van der Waals surface area contributed by atoms with Gasteiger partial charge in [-0.15, -0.1) is 0 Å². The Balaban J connectivity index is 1.54. The summed E-state index contributed by atoms with van der Waals surface area (Å²) in [5, 5.41) is 11.9. The van der Waals surface area contributed by atoms with Crippen LogP contribution >= 0.6 is 0 Å². The van der Waals surface area contributed by atoms with Crippen LogP contribution in [0.25, 0.3) is 0 Å². The Hall–Kier alpha value is -2.83. The van der Waals surface area contributed by atoms with Crippen LogP contribution in [0, 0.1) is 17.0 Å². The third-order valence-electron chi connectivity index (χ3n) is 6.07. The van der Waals surface area contributed by atoms with E-state index in [0.29, 0.717) is 45.1 Å². The van der Waals surface area contributed by atoms with Crippen LogP contribution in [0.2, 0.25) is 0 Å². The predicted octanol–water partition coefficient (Wildman–Crippen LogP) is 2.16. The summed E-state index contributed by atoms with van der Waals surface area (Å²) in [6.45, 7) is 9.54. The SMILES string of the molecule is Cc1cc(N2CCN(c3ccc(S(=O)(=O)N4CCOCC4)cc3[N+](=O)[O-])CC2)nc(C(C)C)n1. The molecule has 1 aromatic heterocycles. The van der Waals surface area contributed by atoms with Gasteiger partial charge in [0, 0.05) is 63.0 Å².